The molecule has 0 aliphatic carbocycles. The summed E-state index contributed by atoms with van der Waals surface area (Å²) in [6.07, 6.45) is -0.454. The first-order chi connectivity index (χ1) is 20.6. The van der Waals surface area contributed by atoms with Gasteiger partial charge in [-0.15, -0.1) is 0 Å². The minimum absolute atomic E-state index is 0.0407. The van der Waals surface area contributed by atoms with Crippen molar-refractivity contribution in [2.75, 3.05) is 27.7 Å². The smallest absolute Gasteiger partial charge is 0.339 e. The van der Waals surface area contributed by atoms with Gasteiger partial charge in [0.2, 0.25) is 0 Å². The zero-order valence-corrected chi connectivity index (χ0v) is 24.9. The number of likely N-dealkylation sites (N-methyl/N-ethyl adjacent to an activating group) is 1. The zero-order valence-electron chi connectivity index (χ0n) is 24.9. The van der Waals surface area contributed by atoms with Gasteiger partial charge in [0.25, 0.3) is 0 Å². The van der Waals surface area contributed by atoms with Crippen LogP contribution in [0, 0.1) is 0 Å². The number of quaternary nitrogens is 1. The first-order valence-electron chi connectivity index (χ1n) is 13.8. The number of aliphatic carboxylic acids is 1. The predicted octanol–water partition coefficient (Wildman–Crippen LogP) is 4.88. The molecule has 0 aliphatic heterocycles. The van der Waals surface area contributed by atoms with Gasteiger partial charge in [-0.3, -0.25) is 9.59 Å². The fraction of sp³-hybridized carbons (Fsp3) is 0.273. The Balaban J connectivity index is 0.000000301. The van der Waals surface area contributed by atoms with E-state index in [1.54, 1.807) is 55.5 Å². The van der Waals surface area contributed by atoms with Crippen LogP contribution < -0.4 is 0 Å². The molecule has 5 N–H and O–H groups in total. The van der Waals surface area contributed by atoms with Gasteiger partial charge in [0.1, 0.15) is 29.2 Å². The summed E-state index contributed by atoms with van der Waals surface area (Å²) >= 11 is 0. The van der Waals surface area contributed by atoms with Crippen LogP contribution in [0.4, 0.5) is 0 Å². The average molecular weight is 607 g/mol. The van der Waals surface area contributed by atoms with Crippen LogP contribution in [0.2, 0.25) is 0 Å². The Hall–Kier alpha value is -5.16. The maximum Gasteiger partial charge on any atom is 0.339 e. The minimum Gasteiger partial charge on any atom is -0.507 e. The molecular weight excluding hydrogens is 570 g/mol. The van der Waals surface area contributed by atoms with Gasteiger partial charge in [-0.25, -0.2) is 9.59 Å². The van der Waals surface area contributed by atoms with Crippen LogP contribution in [0.1, 0.15) is 51.6 Å². The highest BCUT2D eigenvalue weighted by Crippen LogP contribution is 2.38. The highest BCUT2D eigenvalue weighted by atomic mass is 16.5. The third-order valence-electron chi connectivity index (χ3n) is 6.81. The summed E-state index contributed by atoms with van der Waals surface area (Å²) < 4.78 is 5.62. The van der Waals surface area contributed by atoms with E-state index < -0.39 is 35.5 Å². The third kappa shape index (κ3) is 8.23. The third-order valence-corrected chi connectivity index (χ3v) is 6.81. The molecule has 232 valence electrons. The fourth-order valence-electron chi connectivity index (χ4n) is 4.90. The van der Waals surface area contributed by atoms with Gasteiger partial charge >= 0.3 is 23.9 Å². The fourth-order valence-corrected chi connectivity index (χ4v) is 4.90. The van der Waals surface area contributed by atoms with E-state index >= 15 is 0 Å². The van der Waals surface area contributed by atoms with Crippen LogP contribution in [0.15, 0.2) is 60.7 Å². The van der Waals surface area contributed by atoms with Crippen molar-refractivity contribution >= 4 is 45.4 Å². The molecule has 0 radical (unpaired) electrons. The predicted molar refractivity (Wildman–Crippen MR) is 163 cm³/mol. The summed E-state index contributed by atoms with van der Waals surface area (Å²) in [4.78, 5) is 44.8. The van der Waals surface area contributed by atoms with Crippen LogP contribution in [0.3, 0.4) is 0 Å². The summed E-state index contributed by atoms with van der Waals surface area (Å²) in [5.74, 6) is -4.65. The quantitative estimate of drug-likeness (QED) is 0.123. The van der Waals surface area contributed by atoms with Crippen molar-refractivity contribution in [3.8, 4) is 11.5 Å². The summed E-state index contributed by atoms with van der Waals surface area (Å²) in [5.41, 5.74) is 0.112. The number of benzene rings is 4. The van der Waals surface area contributed by atoms with Crippen molar-refractivity contribution in [3.05, 3.63) is 82.9 Å². The molecule has 0 spiro atoms. The summed E-state index contributed by atoms with van der Waals surface area (Å²) in [5, 5.41) is 51.5. The molecule has 4 aromatic carbocycles. The zero-order chi connectivity index (χ0) is 32.8. The van der Waals surface area contributed by atoms with E-state index in [0.717, 1.165) is 0 Å². The molecule has 0 saturated carbocycles. The largest absolute Gasteiger partial charge is 0.507 e. The topological polar surface area (TPSA) is 179 Å². The number of carbonyl (C=O) groups excluding carboxylic acids is 1. The maximum absolute atomic E-state index is 11.6. The summed E-state index contributed by atoms with van der Waals surface area (Å²) in [7, 11) is 5.78. The van der Waals surface area contributed by atoms with E-state index in [-0.39, 0.29) is 36.4 Å². The number of carboxylic acid groups (broad SMARTS) is 3. The van der Waals surface area contributed by atoms with E-state index in [9.17, 15) is 39.6 Å². The van der Waals surface area contributed by atoms with Gasteiger partial charge in [-0.1, -0.05) is 55.5 Å². The molecule has 0 aromatic heterocycles. The molecule has 0 unspecified atom stereocenters. The lowest BCUT2D eigenvalue weighted by Gasteiger charge is -2.28. The SMILES string of the molecule is CCC(=O)O[C@H](CC(=O)O)C[N+](C)(C)C.O=C(O)c1cc2ccccc2c(Cc2c(O)c(C(=O)O)cc3ccccc23)c1O. The molecule has 11 nitrogen and oxygen atoms in total. The van der Waals surface area contributed by atoms with Gasteiger partial charge in [-0.2, -0.15) is 0 Å². The number of hydrogen-bond acceptors (Lipinski definition) is 7. The number of rotatable bonds is 10. The molecule has 0 fully saturated rings. The van der Waals surface area contributed by atoms with Crippen molar-refractivity contribution in [1.82, 2.24) is 0 Å². The Bertz CT molecular complexity index is 1620. The first kappa shape index (κ1) is 33.3. The molecule has 11 heteroatoms. The number of nitrogens with zero attached hydrogens (tertiary/aromatic N) is 1. The highest BCUT2D eigenvalue weighted by Gasteiger charge is 2.24. The maximum atomic E-state index is 11.6. The van der Waals surface area contributed by atoms with Crippen LogP contribution in [0.5, 0.6) is 11.5 Å². The highest BCUT2D eigenvalue weighted by molar-refractivity contribution is 6.02. The average Bonchev–Trinajstić information content (AvgIpc) is 2.94. The van der Waals surface area contributed by atoms with Crippen molar-refractivity contribution in [3.63, 3.8) is 0 Å². The van der Waals surface area contributed by atoms with E-state index in [1.807, 2.05) is 21.1 Å². The number of carboxylic acids is 3. The number of ether oxygens (including phenoxy) is 1. The monoisotopic (exact) mass is 606 g/mol. The van der Waals surface area contributed by atoms with Gasteiger partial charge < -0.3 is 34.8 Å². The lowest BCUT2D eigenvalue weighted by atomic mass is 9.90. The Labute approximate surface area is 253 Å². The molecule has 4 aromatic rings. The molecule has 0 saturated heterocycles. The molecule has 4 rings (SSSR count). The van der Waals surface area contributed by atoms with E-state index in [1.165, 1.54) is 12.1 Å². The Kier molecular flexibility index (Phi) is 10.5. The van der Waals surface area contributed by atoms with Gasteiger partial charge in [0.05, 0.1) is 27.6 Å². The van der Waals surface area contributed by atoms with Crippen molar-refractivity contribution in [1.29, 1.82) is 0 Å². The molecule has 44 heavy (non-hydrogen) atoms. The number of aromatic carboxylic acids is 2. The number of hydrogen-bond donors (Lipinski definition) is 5. The van der Waals surface area contributed by atoms with Crippen molar-refractivity contribution in [2.24, 2.45) is 0 Å². The minimum atomic E-state index is -1.28. The first-order valence-corrected chi connectivity index (χ1v) is 13.8. The second kappa shape index (κ2) is 13.9. The second-order valence-corrected chi connectivity index (χ2v) is 11.3. The number of phenols is 2. The molecule has 0 heterocycles. The number of carbonyl (C=O) groups is 4. The Morgan fingerprint density at radius 2 is 1.18 bits per heavy atom. The van der Waals surface area contributed by atoms with E-state index in [0.29, 0.717) is 43.7 Å². The van der Waals surface area contributed by atoms with Crippen molar-refractivity contribution in [2.45, 2.75) is 32.3 Å². The Morgan fingerprint density at radius 3 is 1.55 bits per heavy atom. The van der Waals surface area contributed by atoms with Crippen molar-refractivity contribution < 1.29 is 53.9 Å². The molecule has 0 amide bonds. The Morgan fingerprint density at radius 1 is 0.750 bits per heavy atom. The van der Waals surface area contributed by atoms with Crippen LogP contribution in [-0.2, 0) is 20.7 Å². The van der Waals surface area contributed by atoms with Crippen LogP contribution >= 0.6 is 0 Å². The number of esters is 1. The van der Waals surface area contributed by atoms with Crippen LogP contribution in [-0.4, -0.2) is 87.7 Å². The molecule has 0 bridgehead atoms. The van der Waals surface area contributed by atoms with E-state index in [2.05, 4.69) is 0 Å². The van der Waals surface area contributed by atoms with Gasteiger partial charge in [-0.05, 0) is 33.7 Å². The summed E-state index contributed by atoms with van der Waals surface area (Å²) in [6, 6.07) is 16.8. The summed E-state index contributed by atoms with van der Waals surface area (Å²) in [6.45, 7) is 2.18. The molecular formula is C33H36NO10+. The van der Waals surface area contributed by atoms with Gasteiger partial charge in [0, 0.05) is 24.0 Å². The molecule has 1 atom stereocenters. The normalized spacial score (nSPS) is 11.8. The van der Waals surface area contributed by atoms with E-state index in [4.69, 9.17) is 9.84 Å². The van der Waals surface area contributed by atoms with Crippen LogP contribution in [0.25, 0.3) is 21.5 Å². The lowest BCUT2D eigenvalue weighted by molar-refractivity contribution is -0.873. The number of aromatic hydroxyl groups is 2. The standard InChI is InChI=1S/C23H16O6.C10H19NO4/c24-20-16(14-7-3-1-5-12(14)9-18(20)22(26)27)11-17-15-8-4-2-6-13(15)10-19(21(17)25)23(28)29;1-5-10(14)15-8(6-9(12)13)7-11(2,3)4/h1-10,24-25H,11H2,(H,26,27)(H,28,29);8H,5-7H2,1-4H3/p+1/t;8-/m.1/s1. The lowest BCUT2D eigenvalue weighted by Crippen LogP contribution is -2.43. The second-order valence-electron chi connectivity index (χ2n) is 11.3. The molecule has 0 aliphatic rings. The van der Waals surface area contributed by atoms with Gasteiger partial charge in [0.15, 0.2) is 6.10 Å². The number of fused-ring (bicyclic) bond motifs is 2.